The minimum absolute atomic E-state index is 0.742. The molecule has 3 heteroatoms. The van der Waals surface area contributed by atoms with E-state index in [9.17, 15) is 0 Å². The van der Waals surface area contributed by atoms with Crippen LogP contribution in [0.1, 0.15) is 11.1 Å². The Kier molecular flexibility index (Phi) is 3.10. The second kappa shape index (κ2) is 4.52. The van der Waals surface area contributed by atoms with Gasteiger partial charge < -0.3 is 5.73 Å². The van der Waals surface area contributed by atoms with E-state index in [-0.39, 0.29) is 0 Å². The van der Waals surface area contributed by atoms with Crippen LogP contribution < -0.4 is 5.73 Å². The molecule has 1 aromatic heterocycles. The zero-order chi connectivity index (χ0) is 10.7. The first-order chi connectivity index (χ1) is 7.25. The van der Waals surface area contributed by atoms with E-state index in [1.807, 2.05) is 35.0 Å². The van der Waals surface area contributed by atoms with Gasteiger partial charge in [-0.2, -0.15) is 0 Å². The summed E-state index contributed by atoms with van der Waals surface area (Å²) in [5.74, 6) is 6.17. The largest absolute Gasteiger partial charge is 0.399 e. The molecule has 0 saturated heterocycles. The summed E-state index contributed by atoms with van der Waals surface area (Å²) < 4.78 is 1.05. The average molecular weight is 278 g/mol. The van der Waals surface area contributed by atoms with Crippen LogP contribution in [0.15, 0.2) is 39.5 Å². The molecule has 1 nitrogen and oxygen atoms in total. The average Bonchev–Trinajstić information content (AvgIpc) is 2.61. The van der Waals surface area contributed by atoms with Crippen LogP contribution in [0.3, 0.4) is 0 Å². The van der Waals surface area contributed by atoms with Crippen LogP contribution in [0.4, 0.5) is 5.69 Å². The van der Waals surface area contributed by atoms with Crippen LogP contribution in [0.5, 0.6) is 0 Å². The number of nitrogen functional groups attached to an aromatic ring is 1. The van der Waals surface area contributed by atoms with Crippen LogP contribution in [-0.2, 0) is 0 Å². The van der Waals surface area contributed by atoms with E-state index in [2.05, 4.69) is 27.8 Å². The first-order valence-corrected chi connectivity index (χ1v) is 6.08. The summed E-state index contributed by atoms with van der Waals surface area (Å²) >= 11 is 5.07. The van der Waals surface area contributed by atoms with Crippen LogP contribution >= 0.6 is 27.3 Å². The maximum atomic E-state index is 5.66. The third-order valence-corrected chi connectivity index (χ3v) is 3.55. The third-order valence-electron chi connectivity index (χ3n) is 1.84. The maximum Gasteiger partial charge on any atom is 0.0498 e. The number of halogens is 1. The molecule has 0 saturated carbocycles. The van der Waals surface area contributed by atoms with Crippen molar-refractivity contribution in [2.75, 3.05) is 5.73 Å². The number of hydrogen-bond donors (Lipinski definition) is 1. The highest BCUT2D eigenvalue weighted by Gasteiger charge is 1.95. The Morgan fingerprint density at radius 1 is 1.20 bits per heavy atom. The van der Waals surface area contributed by atoms with E-state index in [0.29, 0.717) is 0 Å². The van der Waals surface area contributed by atoms with E-state index >= 15 is 0 Å². The van der Waals surface area contributed by atoms with Gasteiger partial charge in [0.05, 0.1) is 0 Å². The van der Waals surface area contributed by atoms with Crippen molar-refractivity contribution in [3.63, 3.8) is 0 Å². The molecule has 2 aromatic rings. The molecule has 1 heterocycles. The van der Waals surface area contributed by atoms with Gasteiger partial charge in [0.2, 0.25) is 0 Å². The van der Waals surface area contributed by atoms with Gasteiger partial charge in [-0.05, 0) is 34.1 Å². The number of nitrogens with two attached hydrogens (primary N) is 1. The monoisotopic (exact) mass is 277 g/mol. The van der Waals surface area contributed by atoms with Gasteiger partial charge in [-0.1, -0.05) is 17.9 Å². The van der Waals surface area contributed by atoms with E-state index in [0.717, 1.165) is 21.3 Å². The fourth-order valence-corrected chi connectivity index (χ4v) is 2.45. The van der Waals surface area contributed by atoms with Crippen LogP contribution in [0, 0.1) is 11.8 Å². The van der Waals surface area contributed by atoms with Gasteiger partial charge in [-0.15, -0.1) is 11.3 Å². The molecule has 74 valence electrons. The molecule has 0 amide bonds. The zero-order valence-electron chi connectivity index (χ0n) is 7.83. The van der Waals surface area contributed by atoms with E-state index in [4.69, 9.17) is 5.73 Å². The highest BCUT2D eigenvalue weighted by molar-refractivity contribution is 9.10. The summed E-state index contributed by atoms with van der Waals surface area (Å²) in [7, 11) is 0. The molecule has 0 aliphatic heterocycles. The molecular formula is C12H8BrNS. The molecule has 1 aromatic carbocycles. The van der Waals surface area contributed by atoms with Gasteiger partial charge >= 0.3 is 0 Å². The quantitative estimate of drug-likeness (QED) is 0.579. The van der Waals surface area contributed by atoms with Gasteiger partial charge in [0, 0.05) is 32.0 Å². The topological polar surface area (TPSA) is 26.0 Å². The lowest BCUT2D eigenvalue weighted by Crippen LogP contribution is -1.84. The van der Waals surface area contributed by atoms with Gasteiger partial charge in [0.25, 0.3) is 0 Å². The molecule has 0 spiro atoms. The van der Waals surface area contributed by atoms with Crippen molar-refractivity contribution in [2.24, 2.45) is 0 Å². The SMILES string of the molecule is Nc1cccc(C#Cc2cscc2Br)c1. The summed E-state index contributed by atoms with van der Waals surface area (Å²) in [6.45, 7) is 0. The van der Waals surface area contributed by atoms with Crippen molar-refractivity contribution < 1.29 is 0 Å². The highest BCUT2D eigenvalue weighted by Crippen LogP contribution is 2.20. The van der Waals surface area contributed by atoms with Crippen molar-refractivity contribution in [3.05, 3.63) is 50.6 Å². The van der Waals surface area contributed by atoms with Gasteiger partial charge in [0.1, 0.15) is 0 Å². The molecule has 0 fully saturated rings. The number of benzene rings is 1. The summed E-state index contributed by atoms with van der Waals surface area (Å²) in [6.07, 6.45) is 0. The minimum atomic E-state index is 0.742. The molecule has 0 bridgehead atoms. The van der Waals surface area contributed by atoms with E-state index in [1.54, 1.807) is 11.3 Å². The van der Waals surface area contributed by atoms with Gasteiger partial charge in [-0.25, -0.2) is 0 Å². The molecule has 0 radical (unpaired) electrons. The smallest absolute Gasteiger partial charge is 0.0498 e. The van der Waals surface area contributed by atoms with Gasteiger partial charge in [-0.3, -0.25) is 0 Å². The van der Waals surface area contributed by atoms with Crippen molar-refractivity contribution in [2.45, 2.75) is 0 Å². The molecule has 2 N–H and O–H groups in total. The summed E-state index contributed by atoms with van der Waals surface area (Å²) in [4.78, 5) is 0. The lowest BCUT2D eigenvalue weighted by molar-refractivity contribution is 1.63. The summed E-state index contributed by atoms with van der Waals surface area (Å²) in [5, 5.41) is 4.03. The van der Waals surface area contributed by atoms with Crippen molar-refractivity contribution in [1.29, 1.82) is 0 Å². The molecule has 0 atom stereocenters. The van der Waals surface area contributed by atoms with Crippen molar-refractivity contribution in [3.8, 4) is 11.8 Å². The molecule has 15 heavy (non-hydrogen) atoms. The number of rotatable bonds is 0. The van der Waals surface area contributed by atoms with Crippen LogP contribution in [-0.4, -0.2) is 0 Å². The molecule has 0 aliphatic rings. The lowest BCUT2D eigenvalue weighted by Gasteiger charge is -1.92. The number of anilines is 1. The Hall–Kier alpha value is -1.24. The minimum Gasteiger partial charge on any atom is -0.399 e. The summed E-state index contributed by atoms with van der Waals surface area (Å²) in [6, 6.07) is 7.57. The molecule has 2 rings (SSSR count). The second-order valence-corrected chi connectivity index (χ2v) is 4.61. The Bertz CT molecular complexity index is 534. The fourth-order valence-electron chi connectivity index (χ4n) is 1.13. The third kappa shape index (κ3) is 2.62. The molecular weight excluding hydrogens is 270 g/mol. The first kappa shape index (κ1) is 10.3. The fraction of sp³-hybridized carbons (Fsp3) is 0. The van der Waals surface area contributed by atoms with Crippen LogP contribution in [0.25, 0.3) is 0 Å². The van der Waals surface area contributed by atoms with Gasteiger partial charge in [0.15, 0.2) is 0 Å². The second-order valence-electron chi connectivity index (χ2n) is 3.01. The predicted octanol–water partition coefficient (Wildman–Crippen LogP) is 3.49. The first-order valence-electron chi connectivity index (χ1n) is 4.35. The predicted molar refractivity (Wildman–Crippen MR) is 68.9 cm³/mol. The normalized spacial score (nSPS) is 9.40. The van der Waals surface area contributed by atoms with Crippen molar-refractivity contribution in [1.82, 2.24) is 0 Å². The lowest BCUT2D eigenvalue weighted by atomic mass is 10.2. The Balaban J connectivity index is 2.30. The summed E-state index contributed by atoms with van der Waals surface area (Å²) in [5.41, 5.74) is 8.36. The Morgan fingerprint density at radius 2 is 2.07 bits per heavy atom. The van der Waals surface area contributed by atoms with Crippen molar-refractivity contribution >= 4 is 33.0 Å². The standard InChI is InChI=1S/C12H8BrNS/c13-12-8-15-7-10(12)5-4-9-2-1-3-11(14)6-9/h1-3,6-8H,14H2. The molecule has 0 aliphatic carbocycles. The maximum absolute atomic E-state index is 5.66. The molecule has 0 unspecified atom stereocenters. The highest BCUT2D eigenvalue weighted by atomic mass is 79.9. The van der Waals surface area contributed by atoms with E-state index in [1.165, 1.54) is 0 Å². The number of hydrogen-bond acceptors (Lipinski definition) is 2. The van der Waals surface area contributed by atoms with Crippen LogP contribution in [0.2, 0.25) is 0 Å². The zero-order valence-corrected chi connectivity index (χ0v) is 10.2. The Morgan fingerprint density at radius 3 is 2.73 bits per heavy atom. The van der Waals surface area contributed by atoms with E-state index < -0.39 is 0 Å². The number of thiophene rings is 1. The Labute approximate surface area is 101 Å².